The number of rotatable bonds is 3. The summed E-state index contributed by atoms with van der Waals surface area (Å²) in [5.41, 5.74) is 1.91. The van der Waals surface area contributed by atoms with Crippen LogP contribution in [0.15, 0.2) is 53.0 Å². The normalized spacial score (nSPS) is 20.1. The second-order valence-electron chi connectivity index (χ2n) is 5.35. The van der Waals surface area contributed by atoms with Gasteiger partial charge in [-0.2, -0.15) is 0 Å². The van der Waals surface area contributed by atoms with Crippen LogP contribution in [0.5, 0.6) is 0 Å². The van der Waals surface area contributed by atoms with E-state index in [1.165, 1.54) is 12.1 Å². The van der Waals surface area contributed by atoms with Gasteiger partial charge in [0.2, 0.25) is 5.91 Å². The van der Waals surface area contributed by atoms with Gasteiger partial charge in [0, 0.05) is 17.4 Å². The Morgan fingerprint density at radius 3 is 2.52 bits per heavy atom. The van der Waals surface area contributed by atoms with Crippen molar-refractivity contribution in [3.05, 3.63) is 64.4 Å². The van der Waals surface area contributed by atoms with Gasteiger partial charge in [-0.05, 0) is 58.1 Å². The molecular formula is C17H15BrFNO. The summed E-state index contributed by atoms with van der Waals surface area (Å²) in [4.78, 5) is 14.2. The largest absolute Gasteiger partial charge is 0.314 e. The Morgan fingerprint density at radius 1 is 1.19 bits per heavy atom. The average molecular weight is 348 g/mol. The van der Waals surface area contributed by atoms with Crippen molar-refractivity contribution in [3.8, 4) is 0 Å². The van der Waals surface area contributed by atoms with Crippen molar-refractivity contribution in [3.63, 3.8) is 0 Å². The van der Waals surface area contributed by atoms with Gasteiger partial charge in [-0.1, -0.05) is 24.3 Å². The summed E-state index contributed by atoms with van der Waals surface area (Å²) in [6, 6.07) is 14.1. The maximum atomic E-state index is 12.9. The highest BCUT2D eigenvalue weighted by atomic mass is 79.9. The quantitative estimate of drug-likeness (QED) is 0.807. The number of halogens is 2. The number of para-hydroxylation sites is 1. The summed E-state index contributed by atoms with van der Waals surface area (Å²) >= 11 is 3.47. The molecule has 1 fully saturated rings. The van der Waals surface area contributed by atoms with E-state index in [4.69, 9.17) is 0 Å². The summed E-state index contributed by atoms with van der Waals surface area (Å²) in [7, 11) is 1.79. The Morgan fingerprint density at radius 2 is 1.86 bits per heavy atom. The molecule has 1 aliphatic rings. The maximum absolute atomic E-state index is 12.9. The average Bonchev–Trinajstić information content (AvgIpc) is 3.27. The third-order valence-electron chi connectivity index (χ3n) is 3.95. The van der Waals surface area contributed by atoms with E-state index in [0.29, 0.717) is 0 Å². The number of amides is 1. The monoisotopic (exact) mass is 347 g/mol. The molecule has 0 saturated heterocycles. The van der Waals surface area contributed by atoms with Crippen molar-refractivity contribution in [2.45, 2.75) is 12.3 Å². The molecule has 0 radical (unpaired) electrons. The minimum atomic E-state index is -0.243. The highest BCUT2D eigenvalue weighted by molar-refractivity contribution is 9.10. The van der Waals surface area contributed by atoms with Crippen LogP contribution in [-0.2, 0) is 4.79 Å². The lowest BCUT2D eigenvalue weighted by Crippen LogP contribution is -2.28. The van der Waals surface area contributed by atoms with Crippen molar-refractivity contribution in [1.82, 2.24) is 0 Å². The summed E-state index contributed by atoms with van der Waals surface area (Å²) in [6.07, 6.45) is 0.833. The van der Waals surface area contributed by atoms with E-state index in [-0.39, 0.29) is 23.6 Å². The standard InChI is InChI=1S/C17H15BrFNO/c1-20(16-5-3-2-4-15(16)18)17(21)14-10-13(14)11-6-8-12(19)9-7-11/h2-9,13-14H,10H2,1H3/t13-,14+/m0/s1. The predicted octanol–water partition coefficient (Wildman–Crippen LogP) is 4.35. The number of benzene rings is 2. The molecule has 108 valence electrons. The van der Waals surface area contributed by atoms with Crippen LogP contribution in [0.2, 0.25) is 0 Å². The Labute approximate surface area is 131 Å². The lowest BCUT2D eigenvalue weighted by Gasteiger charge is -2.19. The van der Waals surface area contributed by atoms with Gasteiger partial charge < -0.3 is 4.90 Å². The van der Waals surface area contributed by atoms with Crippen LogP contribution in [0.4, 0.5) is 10.1 Å². The molecule has 2 aromatic rings. The number of carbonyl (C=O) groups is 1. The van der Waals surface area contributed by atoms with Crippen molar-refractivity contribution < 1.29 is 9.18 Å². The first kappa shape index (κ1) is 14.3. The molecule has 0 aliphatic heterocycles. The third-order valence-corrected chi connectivity index (χ3v) is 4.62. The van der Waals surface area contributed by atoms with Gasteiger partial charge >= 0.3 is 0 Å². The highest BCUT2D eigenvalue weighted by Gasteiger charge is 2.45. The van der Waals surface area contributed by atoms with Crippen LogP contribution >= 0.6 is 15.9 Å². The first-order valence-electron chi connectivity index (χ1n) is 6.85. The molecule has 1 amide bonds. The summed E-state index contributed by atoms with van der Waals surface area (Å²) in [5.74, 6) is 0.0689. The summed E-state index contributed by atoms with van der Waals surface area (Å²) in [6.45, 7) is 0. The van der Waals surface area contributed by atoms with Gasteiger partial charge in [0.1, 0.15) is 5.82 Å². The number of hydrogen-bond acceptors (Lipinski definition) is 1. The first-order valence-corrected chi connectivity index (χ1v) is 7.65. The topological polar surface area (TPSA) is 20.3 Å². The maximum Gasteiger partial charge on any atom is 0.230 e. The van der Waals surface area contributed by atoms with Crippen molar-refractivity contribution in [2.75, 3.05) is 11.9 Å². The number of carbonyl (C=O) groups excluding carboxylic acids is 1. The minimum Gasteiger partial charge on any atom is -0.314 e. The minimum absolute atomic E-state index is 0.00688. The summed E-state index contributed by atoms with van der Waals surface area (Å²) < 4.78 is 13.8. The fourth-order valence-electron chi connectivity index (χ4n) is 2.64. The van der Waals surface area contributed by atoms with Gasteiger partial charge in [0.05, 0.1) is 5.69 Å². The highest BCUT2D eigenvalue weighted by Crippen LogP contribution is 2.49. The van der Waals surface area contributed by atoms with E-state index in [1.54, 1.807) is 24.1 Å². The van der Waals surface area contributed by atoms with E-state index in [9.17, 15) is 9.18 Å². The van der Waals surface area contributed by atoms with Crippen molar-refractivity contribution in [1.29, 1.82) is 0 Å². The number of nitrogens with zero attached hydrogens (tertiary/aromatic N) is 1. The van der Waals surface area contributed by atoms with E-state index in [1.807, 2.05) is 24.3 Å². The van der Waals surface area contributed by atoms with Gasteiger partial charge in [-0.3, -0.25) is 4.79 Å². The molecule has 4 heteroatoms. The van der Waals surface area contributed by atoms with Gasteiger partial charge in [0.25, 0.3) is 0 Å². The molecule has 2 nitrogen and oxygen atoms in total. The molecular weight excluding hydrogens is 333 g/mol. The SMILES string of the molecule is CN(C(=O)[C@@H]1C[C@H]1c1ccc(F)cc1)c1ccccc1Br. The zero-order valence-corrected chi connectivity index (χ0v) is 13.2. The Balaban J connectivity index is 1.73. The molecule has 21 heavy (non-hydrogen) atoms. The molecule has 3 rings (SSSR count). The van der Waals surface area contributed by atoms with Gasteiger partial charge in [0.15, 0.2) is 0 Å². The lowest BCUT2D eigenvalue weighted by atomic mass is 10.1. The molecule has 0 aromatic heterocycles. The molecule has 1 saturated carbocycles. The molecule has 0 bridgehead atoms. The Hall–Kier alpha value is -1.68. The second kappa shape index (κ2) is 5.60. The molecule has 0 heterocycles. The van der Waals surface area contributed by atoms with Crippen LogP contribution in [0.1, 0.15) is 17.9 Å². The fourth-order valence-corrected chi connectivity index (χ4v) is 3.19. The van der Waals surface area contributed by atoms with E-state index < -0.39 is 0 Å². The van der Waals surface area contributed by atoms with E-state index in [2.05, 4.69) is 15.9 Å². The molecule has 0 N–H and O–H groups in total. The fraction of sp³-hybridized carbons (Fsp3) is 0.235. The Bertz CT molecular complexity index is 671. The zero-order valence-electron chi connectivity index (χ0n) is 11.6. The number of anilines is 1. The van der Waals surface area contributed by atoms with Crippen LogP contribution in [0.3, 0.4) is 0 Å². The first-order chi connectivity index (χ1) is 10.1. The molecule has 2 atom stereocenters. The zero-order chi connectivity index (χ0) is 15.0. The summed E-state index contributed by atoms with van der Waals surface area (Å²) in [5, 5.41) is 0. The van der Waals surface area contributed by atoms with Crippen LogP contribution in [0.25, 0.3) is 0 Å². The van der Waals surface area contributed by atoms with Crippen LogP contribution in [-0.4, -0.2) is 13.0 Å². The van der Waals surface area contributed by atoms with Crippen LogP contribution < -0.4 is 4.90 Å². The smallest absolute Gasteiger partial charge is 0.230 e. The second-order valence-corrected chi connectivity index (χ2v) is 6.20. The number of hydrogen-bond donors (Lipinski definition) is 0. The van der Waals surface area contributed by atoms with Gasteiger partial charge in [-0.25, -0.2) is 4.39 Å². The van der Waals surface area contributed by atoms with E-state index in [0.717, 1.165) is 22.1 Å². The van der Waals surface area contributed by atoms with Crippen LogP contribution in [0, 0.1) is 11.7 Å². The third kappa shape index (κ3) is 2.86. The van der Waals surface area contributed by atoms with Crippen molar-refractivity contribution in [2.24, 2.45) is 5.92 Å². The Kier molecular flexibility index (Phi) is 3.81. The lowest BCUT2D eigenvalue weighted by molar-refractivity contribution is -0.119. The van der Waals surface area contributed by atoms with E-state index >= 15 is 0 Å². The molecule has 2 aromatic carbocycles. The molecule has 0 unspecified atom stereocenters. The van der Waals surface area contributed by atoms with Gasteiger partial charge in [-0.15, -0.1) is 0 Å². The van der Waals surface area contributed by atoms with Crippen molar-refractivity contribution >= 4 is 27.5 Å². The predicted molar refractivity (Wildman–Crippen MR) is 84.8 cm³/mol. The molecule has 0 spiro atoms. The molecule has 1 aliphatic carbocycles.